The van der Waals surface area contributed by atoms with Gasteiger partial charge in [0.2, 0.25) is 5.91 Å². The fourth-order valence-corrected chi connectivity index (χ4v) is 3.75. The molecular weight excluding hydrogens is 362 g/mol. The van der Waals surface area contributed by atoms with Gasteiger partial charge in [0, 0.05) is 13.1 Å². The Hall–Kier alpha value is -2.02. The first kappa shape index (κ1) is 19.7. The molecule has 0 N–H and O–H groups in total. The highest BCUT2D eigenvalue weighted by Gasteiger charge is 2.17. The van der Waals surface area contributed by atoms with Crippen LogP contribution in [0, 0.1) is 13.8 Å². The number of nitrogens with zero attached hydrogens (tertiary/aromatic N) is 3. The molecule has 7 heteroatoms. The molecule has 27 heavy (non-hydrogen) atoms. The van der Waals surface area contributed by atoms with Gasteiger partial charge in [-0.25, -0.2) is 0 Å². The SMILES string of the molecule is Cc1ccc(C)c(OCc2nnc(SCC(=O)N3CCCCCCC3)o2)c1. The molecule has 1 aromatic carbocycles. The van der Waals surface area contributed by atoms with E-state index in [1.54, 1.807) is 0 Å². The summed E-state index contributed by atoms with van der Waals surface area (Å²) < 4.78 is 11.4. The van der Waals surface area contributed by atoms with Crippen molar-refractivity contribution < 1.29 is 13.9 Å². The van der Waals surface area contributed by atoms with Crippen LogP contribution in [0.2, 0.25) is 0 Å². The van der Waals surface area contributed by atoms with Crippen LogP contribution in [0.1, 0.15) is 49.1 Å². The second-order valence-corrected chi connectivity index (χ2v) is 7.88. The van der Waals surface area contributed by atoms with E-state index in [9.17, 15) is 4.79 Å². The summed E-state index contributed by atoms with van der Waals surface area (Å²) in [6.45, 7) is 5.96. The summed E-state index contributed by atoms with van der Waals surface area (Å²) in [5, 5.41) is 8.44. The predicted molar refractivity (Wildman–Crippen MR) is 105 cm³/mol. The van der Waals surface area contributed by atoms with E-state index in [-0.39, 0.29) is 12.5 Å². The molecule has 1 fully saturated rings. The van der Waals surface area contributed by atoms with E-state index in [1.165, 1.54) is 31.0 Å². The normalized spacial score (nSPS) is 15.3. The lowest BCUT2D eigenvalue weighted by molar-refractivity contribution is -0.128. The van der Waals surface area contributed by atoms with Crippen LogP contribution >= 0.6 is 11.8 Å². The third-order valence-corrected chi connectivity index (χ3v) is 5.47. The minimum absolute atomic E-state index is 0.147. The number of carbonyl (C=O) groups is 1. The van der Waals surface area contributed by atoms with Crippen molar-refractivity contribution >= 4 is 17.7 Å². The van der Waals surface area contributed by atoms with E-state index in [0.717, 1.165) is 42.8 Å². The van der Waals surface area contributed by atoms with Gasteiger partial charge in [-0.15, -0.1) is 10.2 Å². The lowest BCUT2D eigenvalue weighted by Crippen LogP contribution is -2.35. The van der Waals surface area contributed by atoms with Gasteiger partial charge in [-0.3, -0.25) is 4.79 Å². The Bertz CT molecular complexity index is 755. The maximum Gasteiger partial charge on any atom is 0.277 e. The summed E-state index contributed by atoms with van der Waals surface area (Å²) in [7, 11) is 0. The van der Waals surface area contributed by atoms with Gasteiger partial charge in [-0.05, 0) is 43.9 Å². The Labute approximate surface area is 164 Å². The first-order valence-corrected chi connectivity index (χ1v) is 10.5. The van der Waals surface area contributed by atoms with Crippen LogP contribution in [0.5, 0.6) is 5.75 Å². The van der Waals surface area contributed by atoms with Gasteiger partial charge in [-0.2, -0.15) is 0 Å². The molecule has 0 aliphatic carbocycles. The molecular formula is C20H27N3O3S. The summed E-state index contributed by atoms with van der Waals surface area (Å²) in [6, 6.07) is 6.06. The molecule has 1 aliphatic rings. The summed E-state index contributed by atoms with van der Waals surface area (Å²) in [5.74, 6) is 1.71. The zero-order valence-electron chi connectivity index (χ0n) is 16.1. The van der Waals surface area contributed by atoms with Crippen molar-refractivity contribution in [2.75, 3.05) is 18.8 Å². The number of amides is 1. The van der Waals surface area contributed by atoms with Gasteiger partial charge in [0.15, 0.2) is 6.61 Å². The Kier molecular flexibility index (Phi) is 7.15. The quantitative estimate of drug-likeness (QED) is 0.691. The van der Waals surface area contributed by atoms with E-state index in [2.05, 4.69) is 10.2 Å². The number of aryl methyl sites for hydroxylation is 2. The minimum atomic E-state index is 0.147. The lowest BCUT2D eigenvalue weighted by atomic mass is 10.1. The first-order valence-electron chi connectivity index (χ1n) is 9.55. The molecule has 0 atom stereocenters. The lowest BCUT2D eigenvalue weighted by Gasteiger charge is -2.24. The molecule has 146 valence electrons. The van der Waals surface area contributed by atoms with Gasteiger partial charge in [0.05, 0.1) is 5.75 Å². The van der Waals surface area contributed by atoms with Gasteiger partial charge >= 0.3 is 0 Å². The van der Waals surface area contributed by atoms with Crippen LogP contribution in [0.15, 0.2) is 27.8 Å². The summed E-state index contributed by atoms with van der Waals surface area (Å²) in [5.41, 5.74) is 2.20. The standard InChI is InChI=1S/C20H27N3O3S/c1-15-8-9-16(2)17(12-15)25-13-18-21-22-20(26-18)27-14-19(24)23-10-6-4-3-5-7-11-23/h8-9,12H,3-7,10-11,13-14H2,1-2H3. The van der Waals surface area contributed by atoms with Crippen molar-refractivity contribution in [1.82, 2.24) is 15.1 Å². The number of aromatic nitrogens is 2. The van der Waals surface area contributed by atoms with Crippen molar-refractivity contribution in [1.29, 1.82) is 0 Å². The second-order valence-electron chi connectivity index (χ2n) is 6.96. The molecule has 3 rings (SSSR count). The van der Waals surface area contributed by atoms with E-state index >= 15 is 0 Å². The molecule has 0 bridgehead atoms. The number of carbonyl (C=O) groups excluding carboxylic acids is 1. The van der Waals surface area contributed by atoms with Crippen LogP contribution < -0.4 is 4.74 Å². The highest BCUT2D eigenvalue weighted by molar-refractivity contribution is 7.99. The fraction of sp³-hybridized carbons (Fsp3) is 0.550. The Morgan fingerprint density at radius 3 is 2.67 bits per heavy atom. The number of benzene rings is 1. The van der Waals surface area contributed by atoms with Crippen molar-refractivity contribution in [3.05, 3.63) is 35.2 Å². The monoisotopic (exact) mass is 389 g/mol. The Balaban J connectivity index is 1.47. The van der Waals surface area contributed by atoms with Gasteiger partial charge in [0.1, 0.15) is 5.75 Å². The summed E-state index contributed by atoms with van der Waals surface area (Å²) in [6.07, 6.45) is 5.90. The molecule has 1 amide bonds. The molecule has 0 spiro atoms. The van der Waals surface area contributed by atoms with E-state index in [4.69, 9.17) is 9.15 Å². The third-order valence-electron chi connectivity index (χ3n) is 4.67. The molecule has 2 heterocycles. The smallest absolute Gasteiger partial charge is 0.277 e. The molecule has 0 unspecified atom stereocenters. The van der Waals surface area contributed by atoms with E-state index in [0.29, 0.717) is 16.9 Å². The third kappa shape index (κ3) is 5.99. The zero-order chi connectivity index (χ0) is 19.1. The van der Waals surface area contributed by atoms with E-state index in [1.807, 2.05) is 36.9 Å². The molecule has 0 saturated carbocycles. The maximum atomic E-state index is 12.4. The van der Waals surface area contributed by atoms with Crippen LogP contribution in [-0.4, -0.2) is 39.8 Å². The highest BCUT2D eigenvalue weighted by Crippen LogP contribution is 2.22. The van der Waals surface area contributed by atoms with Crippen LogP contribution in [0.3, 0.4) is 0 Å². The second kappa shape index (κ2) is 9.78. The van der Waals surface area contributed by atoms with Gasteiger partial charge in [-0.1, -0.05) is 43.2 Å². The largest absolute Gasteiger partial charge is 0.484 e. The molecule has 6 nitrogen and oxygen atoms in total. The number of hydrogen-bond acceptors (Lipinski definition) is 6. The summed E-state index contributed by atoms with van der Waals surface area (Å²) in [4.78, 5) is 14.4. The van der Waals surface area contributed by atoms with Gasteiger partial charge < -0.3 is 14.1 Å². The van der Waals surface area contributed by atoms with Gasteiger partial charge in [0.25, 0.3) is 11.1 Å². The number of rotatable bonds is 6. The molecule has 1 saturated heterocycles. The highest BCUT2D eigenvalue weighted by atomic mass is 32.2. The van der Waals surface area contributed by atoms with Crippen molar-refractivity contribution in [2.45, 2.75) is 57.8 Å². The van der Waals surface area contributed by atoms with Crippen molar-refractivity contribution in [3.63, 3.8) is 0 Å². The minimum Gasteiger partial charge on any atom is -0.484 e. The molecule has 2 aromatic rings. The number of likely N-dealkylation sites (tertiary alicyclic amines) is 1. The fourth-order valence-electron chi connectivity index (χ4n) is 3.07. The zero-order valence-corrected chi connectivity index (χ0v) is 16.9. The van der Waals surface area contributed by atoms with Crippen molar-refractivity contribution in [3.8, 4) is 5.75 Å². The Morgan fingerprint density at radius 1 is 1.15 bits per heavy atom. The molecule has 1 aliphatic heterocycles. The van der Waals surface area contributed by atoms with Crippen LogP contribution in [0.4, 0.5) is 0 Å². The average Bonchev–Trinajstić information content (AvgIpc) is 3.08. The first-order chi connectivity index (χ1) is 13.1. The predicted octanol–water partition coefficient (Wildman–Crippen LogP) is 4.15. The van der Waals surface area contributed by atoms with Crippen molar-refractivity contribution in [2.24, 2.45) is 0 Å². The van der Waals surface area contributed by atoms with E-state index < -0.39 is 0 Å². The topological polar surface area (TPSA) is 68.5 Å². The van der Waals surface area contributed by atoms with Crippen LogP contribution in [-0.2, 0) is 11.4 Å². The number of thioether (sulfide) groups is 1. The van der Waals surface area contributed by atoms with Crippen LogP contribution in [0.25, 0.3) is 0 Å². The number of hydrogen-bond donors (Lipinski definition) is 0. The maximum absolute atomic E-state index is 12.4. The molecule has 0 radical (unpaired) electrons. The molecule has 1 aromatic heterocycles. The summed E-state index contributed by atoms with van der Waals surface area (Å²) >= 11 is 1.30. The number of ether oxygens (including phenoxy) is 1. The Morgan fingerprint density at radius 2 is 1.89 bits per heavy atom. The average molecular weight is 390 g/mol.